The predicted molar refractivity (Wildman–Crippen MR) is 97.2 cm³/mol. The number of likely N-dealkylation sites (N-methyl/N-ethyl adjacent to an activating group) is 1. The average Bonchev–Trinajstić information content (AvgIpc) is 3.25. The zero-order valence-corrected chi connectivity index (χ0v) is 15.6. The Balaban J connectivity index is 1.83. The second-order valence-corrected chi connectivity index (χ2v) is 7.11. The molecule has 2 atom stereocenters. The summed E-state index contributed by atoms with van der Waals surface area (Å²) in [4.78, 5) is 37.4. The van der Waals surface area contributed by atoms with Crippen LogP contribution in [0, 0.1) is 32.6 Å². The Morgan fingerprint density at radius 3 is 2.24 bits per heavy atom. The number of hydrogen-bond donors (Lipinski definition) is 2. The SMILES string of the molecule is Cc1cc(C)c(NC(=O)CN(C)C(=O)CNC(=O)[C@@H]2C[C@@H]2C)c(C)c1. The van der Waals surface area contributed by atoms with Crippen molar-refractivity contribution in [2.24, 2.45) is 11.8 Å². The van der Waals surface area contributed by atoms with E-state index in [-0.39, 0.29) is 36.7 Å². The summed E-state index contributed by atoms with van der Waals surface area (Å²) < 4.78 is 0. The van der Waals surface area contributed by atoms with Crippen LogP contribution in [0.25, 0.3) is 0 Å². The van der Waals surface area contributed by atoms with Crippen molar-refractivity contribution in [3.05, 3.63) is 28.8 Å². The van der Waals surface area contributed by atoms with Crippen molar-refractivity contribution >= 4 is 23.4 Å². The van der Waals surface area contributed by atoms with Crippen LogP contribution in [0.1, 0.15) is 30.0 Å². The highest BCUT2D eigenvalue weighted by atomic mass is 16.2. The number of nitrogens with zero attached hydrogens (tertiary/aromatic N) is 1. The second-order valence-electron chi connectivity index (χ2n) is 7.11. The van der Waals surface area contributed by atoms with E-state index in [1.807, 2.05) is 39.8 Å². The number of nitrogens with one attached hydrogen (secondary N) is 2. The van der Waals surface area contributed by atoms with E-state index in [0.717, 1.165) is 28.8 Å². The Kier molecular flexibility index (Phi) is 5.82. The first-order valence-corrected chi connectivity index (χ1v) is 8.58. The minimum absolute atomic E-state index is 0.0360. The van der Waals surface area contributed by atoms with Gasteiger partial charge in [0.1, 0.15) is 0 Å². The van der Waals surface area contributed by atoms with E-state index in [1.54, 1.807) is 7.05 Å². The fraction of sp³-hybridized carbons (Fsp3) is 0.526. The van der Waals surface area contributed by atoms with Crippen molar-refractivity contribution in [1.82, 2.24) is 10.2 Å². The van der Waals surface area contributed by atoms with Gasteiger partial charge in [-0.25, -0.2) is 0 Å². The number of carbonyl (C=O) groups excluding carboxylic acids is 3. The summed E-state index contributed by atoms with van der Waals surface area (Å²) in [5, 5.41) is 5.51. The maximum absolute atomic E-state index is 12.2. The number of aryl methyl sites for hydroxylation is 3. The van der Waals surface area contributed by atoms with E-state index in [4.69, 9.17) is 0 Å². The summed E-state index contributed by atoms with van der Waals surface area (Å²) in [5.74, 6) is -0.180. The van der Waals surface area contributed by atoms with Gasteiger partial charge in [0.2, 0.25) is 17.7 Å². The molecule has 1 saturated carbocycles. The molecule has 136 valence electrons. The molecule has 3 amide bonds. The van der Waals surface area contributed by atoms with E-state index in [1.165, 1.54) is 4.90 Å². The van der Waals surface area contributed by atoms with Crippen LogP contribution in [-0.2, 0) is 14.4 Å². The summed E-state index contributed by atoms with van der Waals surface area (Å²) in [6.07, 6.45) is 0.882. The Bertz CT molecular complexity index is 676. The monoisotopic (exact) mass is 345 g/mol. The molecule has 0 unspecified atom stereocenters. The Morgan fingerprint density at radius 1 is 1.16 bits per heavy atom. The topological polar surface area (TPSA) is 78.5 Å². The molecule has 1 fully saturated rings. The molecule has 0 spiro atoms. The summed E-state index contributed by atoms with van der Waals surface area (Å²) in [5.41, 5.74) is 3.91. The van der Waals surface area contributed by atoms with Gasteiger partial charge in [-0.1, -0.05) is 24.6 Å². The number of amides is 3. The normalized spacial score (nSPS) is 18.4. The lowest BCUT2D eigenvalue weighted by atomic mass is 10.1. The lowest BCUT2D eigenvalue weighted by Crippen LogP contribution is -2.42. The van der Waals surface area contributed by atoms with Gasteiger partial charge < -0.3 is 15.5 Å². The van der Waals surface area contributed by atoms with Gasteiger partial charge >= 0.3 is 0 Å². The van der Waals surface area contributed by atoms with Crippen LogP contribution in [0.15, 0.2) is 12.1 Å². The Hall–Kier alpha value is -2.37. The average molecular weight is 345 g/mol. The van der Waals surface area contributed by atoms with Gasteiger partial charge in [0, 0.05) is 18.7 Å². The lowest BCUT2D eigenvalue weighted by molar-refractivity contribution is -0.134. The summed E-state index contributed by atoms with van der Waals surface area (Å²) in [6, 6.07) is 4.01. The predicted octanol–water partition coefficient (Wildman–Crippen LogP) is 1.78. The van der Waals surface area contributed by atoms with Crippen LogP contribution >= 0.6 is 0 Å². The standard InChI is InChI=1S/C19H27N3O3/c1-11-6-13(3)18(14(4)7-11)21-16(23)10-22(5)17(24)9-20-19(25)15-8-12(15)2/h6-7,12,15H,8-10H2,1-5H3,(H,20,25)(H,21,23)/t12-,15+/m0/s1. The number of hydrogen-bond acceptors (Lipinski definition) is 3. The third-order valence-corrected chi connectivity index (χ3v) is 4.61. The minimum atomic E-state index is -0.283. The van der Waals surface area contributed by atoms with Crippen molar-refractivity contribution in [3.63, 3.8) is 0 Å². The zero-order chi connectivity index (χ0) is 18.7. The first-order valence-electron chi connectivity index (χ1n) is 8.58. The highest BCUT2D eigenvalue weighted by Crippen LogP contribution is 2.37. The Labute approximate surface area is 149 Å². The molecule has 6 nitrogen and oxygen atoms in total. The maximum Gasteiger partial charge on any atom is 0.243 e. The molecule has 0 aliphatic heterocycles. The quantitative estimate of drug-likeness (QED) is 0.825. The molecule has 0 bridgehead atoms. The lowest BCUT2D eigenvalue weighted by Gasteiger charge is -2.18. The van der Waals surface area contributed by atoms with Gasteiger partial charge in [-0.3, -0.25) is 14.4 Å². The van der Waals surface area contributed by atoms with Crippen molar-refractivity contribution in [2.45, 2.75) is 34.1 Å². The summed E-state index contributed by atoms with van der Waals surface area (Å²) >= 11 is 0. The molecule has 1 aromatic carbocycles. The Morgan fingerprint density at radius 2 is 1.72 bits per heavy atom. The molecule has 0 saturated heterocycles. The van der Waals surface area contributed by atoms with Crippen molar-refractivity contribution < 1.29 is 14.4 Å². The van der Waals surface area contributed by atoms with Gasteiger partial charge in [0.25, 0.3) is 0 Å². The highest BCUT2D eigenvalue weighted by Gasteiger charge is 2.39. The van der Waals surface area contributed by atoms with Crippen LogP contribution < -0.4 is 10.6 Å². The van der Waals surface area contributed by atoms with Gasteiger partial charge in [-0.05, 0) is 44.2 Å². The second kappa shape index (κ2) is 7.68. The van der Waals surface area contributed by atoms with Crippen LogP contribution in [0.5, 0.6) is 0 Å². The van der Waals surface area contributed by atoms with Crippen LogP contribution in [0.3, 0.4) is 0 Å². The van der Waals surface area contributed by atoms with E-state index >= 15 is 0 Å². The van der Waals surface area contributed by atoms with Gasteiger partial charge in [-0.15, -0.1) is 0 Å². The van der Waals surface area contributed by atoms with Crippen molar-refractivity contribution in [2.75, 3.05) is 25.5 Å². The van der Waals surface area contributed by atoms with E-state index < -0.39 is 0 Å². The number of carbonyl (C=O) groups is 3. The number of benzene rings is 1. The molecule has 1 aliphatic rings. The first kappa shape index (κ1) is 19.0. The fourth-order valence-corrected chi connectivity index (χ4v) is 2.98. The molecular weight excluding hydrogens is 318 g/mol. The smallest absolute Gasteiger partial charge is 0.243 e. The molecule has 1 aromatic rings. The maximum atomic E-state index is 12.2. The largest absolute Gasteiger partial charge is 0.347 e. The van der Waals surface area contributed by atoms with E-state index in [9.17, 15) is 14.4 Å². The van der Waals surface area contributed by atoms with Crippen LogP contribution in [0.2, 0.25) is 0 Å². The molecule has 0 aromatic heterocycles. The third-order valence-electron chi connectivity index (χ3n) is 4.61. The first-order chi connectivity index (χ1) is 11.7. The van der Waals surface area contributed by atoms with Gasteiger partial charge in [0.05, 0.1) is 13.1 Å². The summed E-state index contributed by atoms with van der Waals surface area (Å²) in [7, 11) is 1.56. The molecule has 1 aliphatic carbocycles. The molecule has 2 N–H and O–H groups in total. The number of anilines is 1. The zero-order valence-electron chi connectivity index (χ0n) is 15.6. The van der Waals surface area contributed by atoms with Crippen molar-refractivity contribution in [3.8, 4) is 0 Å². The molecule has 6 heteroatoms. The van der Waals surface area contributed by atoms with E-state index in [0.29, 0.717) is 5.92 Å². The minimum Gasteiger partial charge on any atom is -0.347 e. The van der Waals surface area contributed by atoms with Gasteiger partial charge in [0.15, 0.2) is 0 Å². The molecule has 0 heterocycles. The molecule has 25 heavy (non-hydrogen) atoms. The van der Waals surface area contributed by atoms with Gasteiger partial charge in [-0.2, -0.15) is 0 Å². The van der Waals surface area contributed by atoms with Crippen LogP contribution in [-0.4, -0.2) is 42.8 Å². The molecular formula is C19H27N3O3. The third kappa shape index (κ3) is 5.05. The summed E-state index contributed by atoms with van der Waals surface area (Å²) in [6.45, 7) is 7.78. The van der Waals surface area contributed by atoms with Crippen LogP contribution in [0.4, 0.5) is 5.69 Å². The fourth-order valence-electron chi connectivity index (χ4n) is 2.98. The molecule has 2 rings (SSSR count). The molecule has 0 radical (unpaired) electrons. The van der Waals surface area contributed by atoms with Crippen molar-refractivity contribution in [1.29, 1.82) is 0 Å². The number of rotatable bonds is 6. The highest BCUT2D eigenvalue weighted by molar-refractivity contribution is 5.96. The van der Waals surface area contributed by atoms with E-state index in [2.05, 4.69) is 10.6 Å².